The molecule has 0 radical (unpaired) electrons. The zero-order valence-electron chi connectivity index (χ0n) is 7.51. The molecule has 0 bridgehead atoms. The normalized spacial score (nSPS) is 17.9. The van der Waals surface area contributed by atoms with Gasteiger partial charge in [-0.15, -0.1) is 0 Å². The van der Waals surface area contributed by atoms with Crippen LogP contribution in [0.2, 0.25) is 0 Å². The molecule has 1 unspecified atom stereocenters. The molecule has 0 N–H and O–H groups in total. The van der Waals surface area contributed by atoms with Gasteiger partial charge in [0.1, 0.15) is 12.3 Å². The molecule has 0 saturated carbocycles. The lowest BCUT2D eigenvalue weighted by Crippen LogP contribution is -2.33. The van der Waals surface area contributed by atoms with Crippen molar-refractivity contribution in [1.29, 1.82) is 0 Å². The molecule has 86 valence electrons. The van der Waals surface area contributed by atoms with Crippen LogP contribution in [-0.2, 0) is 14.3 Å². The Morgan fingerprint density at radius 1 is 1.36 bits per heavy atom. The Labute approximate surface area is 79.2 Å². The molecule has 3 nitrogen and oxygen atoms in total. The number of halogens is 4. The van der Waals surface area contributed by atoms with E-state index in [1.54, 1.807) is 0 Å². The van der Waals surface area contributed by atoms with E-state index in [1.807, 2.05) is 0 Å². The van der Waals surface area contributed by atoms with Crippen molar-refractivity contribution in [2.45, 2.75) is 38.1 Å². The van der Waals surface area contributed by atoms with Crippen LogP contribution in [0.15, 0.2) is 0 Å². The second-order valence-electron chi connectivity index (χ2n) is 2.62. The van der Waals surface area contributed by atoms with Crippen molar-refractivity contribution in [3.63, 3.8) is 0 Å². The summed E-state index contributed by atoms with van der Waals surface area (Å²) in [5.41, 5.74) is -5.50. The fourth-order valence-electron chi connectivity index (χ4n) is 0.687. The predicted molar refractivity (Wildman–Crippen MR) is 40.7 cm³/mol. The zero-order valence-corrected chi connectivity index (χ0v) is 8.32. The van der Waals surface area contributed by atoms with Crippen LogP contribution in [0.25, 0.3) is 0 Å². The first-order valence-electron chi connectivity index (χ1n) is 3.75. The SMILES string of the molecule is CC[C@@H](OS(=O)(=O)C(F)(F)F)C(C)F. The molecule has 0 fully saturated rings. The first-order valence-corrected chi connectivity index (χ1v) is 5.16. The second-order valence-corrected chi connectivity index (χ2v) is 4.18. The fraction of sp³-hybridized carbons (Fsp3) is 1.00. The molecule has 0 aromatic heterocycles. The Morgan fingerprint density at radius 3 is 2.00 bits per heavy atom. The Balaban J connectivity index is 4.67. The molecule has 0 aromatic carbocycles. The monoisotopic (exact) mass is 238 g/mol. The lowest BCUT2D eigenvalue weighted by Gasteiger charge is -2.17. The maximum atomic E-state index is 12.5. The van der Waals surface area contributed by atoms with Crippen LogP contribution in [-0.4, -0.2) is 26.2 Å². The van der Waals surface area contributed by atoms with E-state index in [0.717, 1.165) is 6.92 Å². The van der Waals surface area contributed by atoms with Gasteiger partial charge in [-0.05, 0) is 13.3 Å². The van der Waals surface area contributed by atoms with E-state index in [-0.39, 0.29) is 6.42 Å². The summed E-state index contributed by atoms with van der Waals surface area (Å²) in [7, 11) is -5.69. The zero-order chi connectivity index (χ0) is 11.6. The lowest BCUT2D eigenvalue weighted by molar-refractivity contribution is -0.0599. The Kier molecular flexibility index (Phi) is 4.32. The highest BCUT2D eigenvalue weighted by Crippen LogP contribution is 2.27. The van der Waals surface area contributed by atoms with Crippen LogP contribution in [0, 0.1) is 0 Å². The van der Waals surface area contributed by atoms with E-state index < -0.39 is 27.9 Å². The van der Waals surface area contributed by atoms with Crippen molar-refractivity contribution in [1.82, 2.24) is 0 Å². The molecule has 2 atom stereocenters. The van der Waals surface area contributed by atoms with Gasteiger partial charge < -0.3 is 0 Å². The van der Waals surface area contributed by atoms with E-state index in [9.17, 15) is 26.0 Å². The third-order valence-electron chi connectivity index (χ3n) is 1.45. The van der Waals surface area contributed by atoms with Gasteiger partial charge >= 0.3 is 15.6 Å². The highest BCUT2D eigenvalue weighted by Gasteiger charge is 2.48. The van der Waals surface area contributed by atoms with E-state index in [1.165, 1.54) is 6.92 Å². The summed E-state index contributed by atoms with van der Waals surface area (Å²) in [4.78, 5) is 0. The molecule has 0 heterocycles. The van der Waals surface area contributed by atoms with Gasteiger partial charge in [-0.2, -0.15) is 21.6 Å². The third kappa shape index (κ3) is 3.41. The van der Waals surface area contributed by atoms with Crippen LogP contribution in [0.4, 0.5) is 17.6 Å². The van der Waals surface area contributed by atoms with Crippen LogP contribution in [0.5, 0.6) is 0 Å². The molecule has 0 rings (SSSR count). The summed E-state index contributed by atoms with van der Waals surface area (Å²) in [5, 5.41) is 0. The van der Waals surface area contributed by atoms with Gasteiger partial charge in [0, 0.05) is 0 Å². The molecule has 0 spiro atoms. The average molecular weight is 238 g/mol. The van der Waals surface area contributed by atoms with Crippen molar-refractivity contribution >= 4 is 10.1 Å². The largest absolute Gasteiger partial charge is 0.523 e. The summed E-state index contributed by atoms with van der Waals surface area (Å²) in [6, 6.07) is 0. The van der Waals surface area contributed by atoms with Crippen molar-refractivity contribution < 1.29 is 30.2 Å². The second kappa shape index (κ2) is 4.43. The minimum atomic E-state index is -5.69. The summed E-state index contributed by atoms with van der Waals surface area (Å²) in [5.74, 6) is 0. The van der Waals surface area contributed by atoms with Gasteiger partial charge in [-0.25, -0.2) is 4.39 Å². The first kappa shape index (κ1) is 13.6. The predicted octanol–water partition coefficient (Wildman–Crippen LogP) is 1.99. The minimum absolute atomic E-state index is 0.160. The van der Waals surface area contributed by atoms with Crippen LogP contribution in [0.3, 0.4) is 0 Å². The van der Waals surface area contributed by atoms with Crippen molar-refractivity contribution in [2.24, 2.45) is 0 Å². The van der Waals surface area contributed by atoms with Crippen LogP contribution >= 0.6 is 0 Å². The van der Waals surface area contributed by atoms with Crippen LogP contribution in [0.1, 0.15) is 20.3 Å². The van der Waals surface area contributed by atoms with Crippen molar-refractivity contribution in [3.05, 3.63) is 0 Å². The van der Waals surface area contributed by atoms with Gasteiger partial charge in [0.25, 0.3) is 0 Å². The Morgan fingerprint density at radius 2 is 1.79 bits per heavy atom. The molecular formula is C6H10F4O3S. The summed E-state index contributed by atoms with van der Waals surface area (Å²) in [6.45, 7) is 2.26. The van der Waals surface area contributed by atoms with E-state index in [2.05, 4.69) is 4.18 Å². The van der Waals surface area contributed by atoms with Crippen molar-refractivity contribution in [2.75, 3.05) is 0 Å². The molecule has 8 heteroatoms. The molecule has 0 aliphatic rings. The molecule has 0 amide bonds. The quantitative estimate of drug-likeness (QED) is 0.427. The smallest absolute Gasteiger partial charge is 0.257 e. The van der Waals surface area contributed by atoms with Gasteiger partial charge in [0.15, 0.2) is 0 Å². The fourth-order valence-corrected chi connectivity index (χ4v) is 1.41. The highest BCUT2D eigenvalue weighted by atomic mass is 32.2. The molecule has 0 aliphatic heterocycles. The maximum absolute atomic E-state index is 12.5. The molecule has 0 aliphatic carbocycles. The topological polar surface area (TPSA) is 43.4 Å². The standard InChI is InChI=1S/C6H10F4O3S/c1-3-5(4(2)7)13-14(11,12)6(8,9)10/h4-5H,3H2,1-2H3/t4?,5-/m1/s1. The number of rotatable bonds is 4. The van der Waals surface area contributed by atoms with Gasteiger partial charge in [-0.1, -0.05) is 6.92 Å². The first-order chi connectivity index (χ1) is 6.12. The molecule has 14 heavy (non-hydrogen) atoms. The summed E-state index contributed by atoms with van der Waals surface area (Å²) < 4.78 is 72.3. The van der Waals surface area contributed by atoms with Gasteiger partial charge in [0.05, 0.1) is 0 Å². The molecule has 0 aromatic rings. The summed E-state index contributed by atoms with van der Waals surface area (Å²) in [6.07, 6.45) is -3.54. The minimum Gasteiger partial charge on any atom is -0.257 e. The Hall–Kier alpha value is -0.370. The number of hydrogen-bond donors (Lipinski definition) is 0. The highest BCUT2D eigenvalue weighted by molar-refractivity contribution is 7.87. The lowest BCUT2D eigenvalue weighted by atomic mass is 10.2. The Bertz CT molecular complexity index is 269. The van der Waals surface area contributed by atoms with E-state index in [0.29, 0.717) is 0 Å². The molecular weight excluding hydrogens is 228 g/mol. The van der Waals surface area contributed by atoms with Crippen molar-refractivity contribution in [3.8, 4) is 0 Å². The maximum Gasteiger partial charge on any atom is 0.523 e. The number of alkyl halides is 4. The van der Waals surface area contributed by atoms with E-state index >= 15 is 0 Å². The van der Waals surface area contributed by atoms with Gasteiger partial charge in [0.2, 0.25) is 0 Å². The average Bonchev–Trinajstić information content (AvgIpc) is 1.97. The van der Waals surface area contributed by atoms with E-state index in [4.69, 9.17) is 0 Å². The van der Waals surface area contributed by atoms with Gasteiger partial charge in [-0.3, -0.25) is 4.18 Å². The molecule has 0 saturated heterocycles. The van der Waals surface area contributed by atoms with Crippen LogP contribution < -0.4 is 0 Å². The summed E-state index contributed by atoms with van der Waals surface area (Å²) >= 11 is 0. The number of hydrogen-bond acceptors (Lipinski definition) is 3. The third-order valence-corrected chi connectivity index (χ3v) is 2.52.